The maximum Gasteiger partial charge on any atom is 0.319 e. The number of carbonyl (C=O) groups is 4. The van der Waals surface area contributed by atoms with Crippen molar-refractivity contribution in [2.45, 2.75) is 30.9 Å². The number of hydrogen-bond acceptors (Lipinski definition) is 9. The second-order valence-corrected chi connectivity index (χ2v) is 11.8. The maximum absolute atomic E-state index is 13.9. The van der Waals surface area contributed by atoms with Crippen molar-refractivity contribution in [2.24, 2.45) is 17.6 Å². The minimum absolute atomic E-state index is 0.0114. The van der Waals surface area contributed by atoms with Gasteiger partial charge in [-0.3, -0.25) is 19.3 Å². The third-order valence-electron chi connectivity index (χ3n) is 8.66. The van der Waals surface area contributed by atoms with Crippen molar-refractivity contribution in [1.82, 2.24) is 10.2 Å². The molecule has 2 aromatic rings. The van der Waals surface area contributed by atoms with E-state index >= 15 is 0 Å². The topological polar surface area (TPSA) is 203 Å². The molecule has 3 aliphatic rings. The molecule has 0 saturated carbocycles. The number of aromatic hydroxyl groups is 1. The number of carbonyl (C=O) groups excluding carboxylic acids is 4. The summed E-state index contributed by atoms with van der Waals surface area (Å²) in [6, 6.07) is 8.45. The van der Waals surface area contributed by atoms with Gasteiger partial charge in [0.05, 0.1) is 11.6 Å². The number of allylic oxidation sites excluding steroid dienone is 1. The molecule has 0 bridgehead atoms. The summed E-state index contributed by atoms with van der Waals surface area (Å²) < 4.78 is 0. The van der Waals surface area contributed by atoms with E-state index in [9.17, 15) is 39.6 Å². The van der Waals surface area contributed by atoms with Gasteiger partial charge in [-0.1, -0.05) is 18.2 Å². The van der Waals surface area contributed by atoms with Crippen LogP contribution in [0.25, 0.3) is 11.1 Å². The van der Waals surface area contributed by atoms with Crippen LogP contribution < -0.4 is 16.4 Å². The summed E-state index contributed by atoms with van der Waals surface area (Å²) in [7, 11) is 3.15. The summed E-state index contributed by atoms with van der Waals surface area (Å²) in [5.74, 6) is -6.59. The highest BCUT2D eigenvalue weighted by molar-refractivity contribution is 6.25. The van der Waals surface area contributed by atoms with Gasteiger partial charge in [0.1, 0.15) is 22.8 Å². The summed E-state index contributed by atoms with van der Waals surface area (Å²) in [4.78, 5) is 53.1. The maximum atomic E-state index is 13.9. The van der Waals surface area contributed by atoms with Gasteiger partial charge in [0.2, 0.25) is 5.78 Å². The average Bonchev–Trinajstić information content (AvgIpc) is 2.95. The van der Waals surface area contributed by atoms with Gasteiger partial charge >= 0.3 is 6.03 Å². The van der Waals surface area contributed by atoms with Crippen LogP contribution in [0.1, 0.15) is 28.8 Å². The molecular weight excluding hydrogens is 592 g/mol. The Kier molecular flexibility index (Phi) is 8.19. The summed E-state index contributed by atoms with van der Waals surface area (Å²) in [6.07, 6.45) is 0.774. The van der Waals surface area contributed by atoms with Crippen LogP contribution in [0.5, 0.6) is 5.75 Å². The third kappa shape index (κ3) is 4.88. The van der Waals surface area contributed by atoms with E-state index in [2.05, 4.69) is 10.6 Å². The number of urea groups is 1. The van der Waals surface area contributed by atoms with E-state index in [0.717, 1.165) is 0 Å². The highest BCUT2D eigenvalue weighted by atomic mass is 35.5. The van der Waals surface area contributed by atoms with Crippen LogP contribution in [-0.4, -0.2) is 87.0 Å². The molecule has 0 radical (unpaired) electrons. The van der Waals surface area contributed by atoms with Crippen LogP contribution in [-0.2, 0) is 16.0 Å². The molecule has 232 valence electrons. The van der Waals surface area contributed by atoms with Crippen LogP contribution in [0.2, 0.25) is 0 Å². The number of likely N-dealkylation sites (N-methyl/N-ethyl adjacent to an activating group) is 1. The van der Waals surface area contributed by atoms with Gasteiger partial charge in [0, 0.05) is 29.6 Å². The highest BCUT2D eigenvalue weighted by Crippen LogP contribution is 2.53. The van der Waals surface area contributed by atoms with Crippen molar-refractivity contribution in [3.8, 4) is 16.9 Å². The number of anilines is 1. The van der Waals surface area contributed by atoms with Crippen LogP contribution in [0.4, 0.5) is 10.5 Å². The zero-order valence-electron chi connectivity index (χ0n) is 24.1. The van der Waals surface area contributed by atoms with Gasteiger partial charge in [0.15, 0.2) is 11.4 Å². The molecule has 44 heavy (non-hydrogen) atoms. The number of rotatable bonds is 7. The molecule has 8 N–H and O–H groups in total. The van der Waals surface area contributed by atoms with Crippen molar-refractivity contribution < 1.29 is 39.6 Å². The van der Waals surface area contributed by atoms with Crippen LogP contribution >= 0.6 is 11.6 Å². The normalized spacial score (nSPS) is 24.5. The summed E-state index contributed by atoms with van der Waals surface area (Å²) in [5, 5.41) is 50.3. The molecule has 4 atom stereocenters. The Labute approximate surface area is 257 Å². The number of alkyl halides is 1. The molecule has 0 heterocycles. The largest absolute Gasteiger partial charge is 0.510 e. The fourth-order valence-corrected chi connectivity index (χ4v) is 6.83. The number of aliphatic hydroxyl groups excluding tert-OH is 2. The minimum Gasteiger partial charge on any atom is -0.510 e. The zero-order valence-corrected chi connectivity index (χ0v) is 24.8. The second-order valence-electron chi connectivity index (χ2n) is 11.4. The Morgan fingerprint density at radius 3 is 2.39 bits per heavy atom. The molecule has 3 amide bonds. The van der Waals surface area contributed by atoms with E-state index in [1.165, 1.54) is 11.0 Å². The molecule has 1 unspecified atom stereocenters. The Balaban J connectivity index is 1.55. The molecule has 0 aliphatic heterocycles. The molecule has 0 saturated heterocycles. The van der Waals surface area contributed by atoms with Crippen molar-refractivity contribution >= 4 is 40.8 Å². The number of aliphatic hydroxyl groups is 3. The fraction of sp³-hybridized carbons (Fsp3) is 0.355. The molecule has 2 aromatic carbocycles. The lowest BCUT2D eigenvalue weighted by atomic mass is 9.58. The van der Waals surface area contributed by atoms with Gasteiger partial charge in [-0.2, -0.15) is 0 Å². The van der Waals surface area contributed by atoms with E-state index in [0.29, 0.717) is 41.2 Å². The number of hydrogen-bond donors (Lipinski definition) is 7. The van der Waals surface area contributed by atoms with E-state index in [1.54, 1.807) is 44.4 Å². The standard InChI is InChI=1S/C31H33ClN4O8/c1-36(2)24-19-13-15-12-18-17(14-4-6-16(7-5-14)35-30(43)34-11-3-10-32)8-9-20(37)22(18)25(38)21(15)27(40)31(19,44)28(41)23(26(24)39)29(33)42/h4-9,15,19,24,37,39-40,44H,3,10-13H2,1-2H3,(H2,33,42)(H2,34,35,43)/t15-,19-,24?,31-/m1/s1. The van der Waals surface area contributed by atoms with Gasteiger partial charge < -0.3 is 36.8 Å². The molecule has 12 nitrogen and oxygen atoms in total. The lowest BCUT2D eigenvalue weighted by molar-refractivity contribution is -0.148. The fourth-order valence-electron chi connectivity index (χ4n) is 6.70. The number of halogens is 1. The number of ketones is 2. The quantitative estimate of drug-likeness (QED) is 0.137. The van der Waals surface area contributed by atoms with Gasteiger partial charge in [-0.05, 0) is 74.2 Å². The summed E-state index contributed by atoms with van der Waals surface area (Å²) >= 11 is 5.64. The minimum atomic E-state index is -2.70. The van der Waals surface area contributed by atoms with E-state index in [4.69, 9.17) is 17.3 Å². The van der Waals surface area contributed by atoms with E-state index in [1.807, 2.05) is 0 Å². The van der Waals surface area contributed by atoms with E-state index in [-0.39, 0.29) is 35.8 Å². The van der Waals surface area contributed by atoms with Crippen molar-refractivity contribution in [1.29, 1.82) is 0 Å². The monoisotopic (exact) mass is 624 g/mol. The predicted octanol–water partition coefficient (Wildman–Crippen LogP) is 2.54. The van der Waals surface area contributed by atoms with Crippen LogP contribution in [0, 0.1) is 11.8 Å². The first-order valence-electron chi connectivity index (χ1n) is 14.0. The summed E-state index contributed by atoms with van der Waals surface area (Å²) in [6.45, 7) is 0.429. The highest BCUT2D eigenvalue weighted by Gasteiger charge is 2.63. The average molecular weight is 625 g/mol. The predicted molar refractivity (Wildman–Crippen MR) is 161 cm³/mol. The van der Waals surface area contributed by atoms with Crippen molar-refractivity contribution in [3.05, 3.63) is 70.2 Å². The molecule has 0 fully saturated rings. The van der Waals surface area contributed by atoms with Crippen molar-refractivity contribution in [2.75, 3.05) is 31.8 Å². The van der Waals surface area contributed by atoms with Crippen LogP contribution in [0.3, 0.4) is 0 Å². The first-order chi connectivity index (χ1) is 20.8. The SMILES string of the molecule is CN(C)C1C(O)=C(C(N)=O)C(=O)[C@]2(O)C(O)=C3C(=O)c4c(O)ccc(-c5ccc(NC(=O)NCCCCl)cc5)c4C[C@@H]3C[C@H]12. The lowest BCUT2D eigenvalue weighted by Gasteiger charge is -2.50. The number of fused-ring (bicyclic) bond motifs is 3. The van der Waals surface area contributed by atoms with Gasteiger partial charge in [0.25, 0.3) is 5.91 Å². The number of Topliss-reactive ketones (excluding diaryl/α,β-unsaturated/α-hetero) is 2. The number of nitrogens with two attached hydrogens (primary N) is 1. The van der Waals surface area contributed by atoms with E-state index < -0.39 is 58.0 Å². The first-order valence-corrected chi connectivity index (χ1v) is 14.6. The smallest absolute Gasteiger partial charge is 0.319 e. The Hall–Kier alpha value is -4.39. The second kappa shape index (κ2) is 11.6. The number of primary amides is 1. The number of benzene rings is 2. The number of phenols is 1. The third-order valence-corrected chi connectivity index (χ3v) is 8.92. The lowest BCUT2D eigenvalue weighted by Crippen LogP contribution is -2.63. The molecule has 3 aliphatic carbocycles. The molecule has 0 spiro atoms. The zero-order chi connectivity index (χ0) is 32.1. The number of phenolic OH excluding ortho intramolecular Hbond substituents is 1. The first kappa shape index (κ1) is 31.0. The molecule has 5 rings (SSSR count). The van der Waals surface area contributed by atoms with Crippen molar-refractivity contribution in [3.63, 3.8) is 0 Å². The van der Waals surface area contributed by atoms with Crippen LogP contribution in [0.15, 0.2) is 59.1 Å². The number of nitrogens with zero attached hydrogens (tertiary/aromatic N) is 1. The Morgan fingerprint density at radius 2 is 1.77 bits per heavy atom. The van der Waals surface area contributed by atoms with Gasteiger partial charge in [-0.25, -0.2) is 4.79 Å². The Bertz CT molecular complexity index is 1630. The molecular formula is C31H33ClN4O8. The number of nitrogens with one attached hydrogen (secondary N) is 2. The summed E-state index contributed by atoms with van der Waals surface area (Å²) in [5.41, 5.74) is 3.88. The molecule has 13 heteroatoms. The van der Waals surface area contributed by atoms with Gasteiger partial charge in [-0.15, -0.1) is 11.6 Å². The Morgan fingerprint density at radius 1 is 1.09 bits per heavy atom. The number of amides is 3. The molecule has 0 aromatic heterocycles.